The van der Waals surface area contributed by atoms with Crippen molar-refractivity contribution in [3.8, 4) is 5.69 Å². The zero-order chi connectivity index (χ0) is 22.5. The molecular weight excluding hydrogens is 442 g/mol. The number of fused-ring (bicyclic) bond motifs is 1. The molecule has 0 amide bonds. The van der Waals surface area contributed by atoms with E-state index in [0.717, 1.165) is 0 Å². The number of aromatic nitrogens is 4. The van der Waals surface area contributed by atoms with Crippen LogP contribution in [-0.2, 0) is 27.2 Å². The van der Waals surface area contributed by atoms with E-state index in [1.54, 1.807) is 27.7 Å². The fourth-order valence-electron chi connectivity index (χ4n) is 2.96. The zero-order valence-electron chi connectivity index (χ0n) is 17.9. The highest BCUT2D eigenvalue weighted by Gasteiger charge is 2.38. The number of hydrogen-bond donors (Lipinski definition) is 0. The van der Waals surface area contributed by atoms with Crippen LogP contribution in [0.5, 0.6) is 0 Å². The molecule has 12 heteroatoms. The molecule has 0 atom stereocenters. The third-order valence-corrected chi connectivity index (χ3v) is 8.04. The Labute approximate surface area is 181 Å². The summed E-state index contributed by atoms with van der Waals surface area (Å²) in [5, 5.41) is 4.74. The SMILES string of the molecule is CCOP(=O)(OCC)c1nc(P(=O)(OCC)OCC)c2cnn(-c3ccccc3)c2n1. The lowest BCUT2D eigenvalue weighted by Gasteiger charge is -2.20. The van der Waals surface area contributed by atoms with Crippen molar-refractivity contribution in [1.29, 1.82) is 0 Å². The molecule has 31 heavy (non-hydrogen) atoms. The third-order valence-electron chi connectivity index (χ3n) is 4.10. The molecule has 168 valence electrons. The van der Waals surface area contributed by atoms with Crippen molar-refractivity contribution in [1.82, 2.24) is 19.7 Å². The third kappa shape index (κ3) is 4.80. The standard InChI is InChI=1S/C19H26N4O6P2/c1-5-26-30(24,27-6-2)18-16-14-20-23(15-12-10-9-11-13-15)17(16)21-19(22-18)31(25,28-7-3)29-8-4/h9-14H,5-8H2,1-4H3. The largest absolute Gasteiger partial charge is 0.398 e. The second kappa shape index (κ2) is 10.1. The van der Waals surface area contributed by atoms with E-state index < -0.39 is 15.2 Å². The summed E-state index contributed by atoms with van der Waals surface area (Å²) in [7, 11) is -7.76. The molecule has 0 aliphatic carbocycles. The van der Waals surface area contributed by atoms with Crippen LogP contribution in [0, 0.1) is 0 Å². The minimum absolute atomic E-state index is 0.0296. The van der Waals surface area contributed by atoms with Crippen LogP contribution in [0.15, 0.2) is 36.5 Å². The molecule has 1 aromatic carbocycles. The first-order valence-corrected chi connectivity index (χ1v) is 13.1. The van der Waals surface area contributed by atoms with Gasteiger partial charge in [-0.2, -0.15) is 5.10 Å². The molecule has 0 N–H and O–H groups in total. The van der Waals surface area contributed by atoms with Gasteiger partial charge >= 0.3 is 15.2 Å². The van der Waals surface area contributed by atoms with Crippen molar-refractivity contribution >= 4 is 37.2 Å². The van der Waals surface area contributed by atoms with Crippen LogP contribution >= 0.6 is 15.2 Å². The molecule has 3 aromatic rings. The highest BCUT2D eigenvalue weighted by Crippen LogP contribution is 2.50. The van der Waals surface area contributed by atoms with Gasteiger partial charge < -0.3 is 18.1 Å². The predicted octanol–water partition coefficient (Wildman–Crippen LogP) is 3.60. The fourth-order valence-corrected chi connectivity index (χ4v) is 6.14. The minimum Gasteiger partial charge on any atom is -0.304 e. The van der Waals surface area contributed by atoms with Crippen LogP contribution in [0.3, 0.4) is 0 Å². The maximum Gasteiger partial charge on any atom is 0.398 e. The summed E-state index contributed by atoms with van der Waals surface area (Å²) in [5.74, 6) is 0. The van der Waals surface area contributed by atoms with Crippen LogP contribution in [0.25, 0.3) is 16.7 Å². The number of rotatable bonds is 11. The number of hydrogen-bond acceptors (Lipinski definition) is 9. The van der Waals surface area contributed by atoms with Crippen LogP contribution in [0.2, 0.25) is 0 Å². The summed E-state index contributed by atoms with van der Waals surface area (Å²) in [5.41, 5.74) is 0.734. The fraction of sp³-hybridized carbons (Fsp3) is 0.421. The monoisotopic (exact) mass is 468 g/mol. The van der Waals surface area contributed by atoms with Crippen molar-refractivity contribution in [3.63, 3.8) is 0 Å². The van der Waals surface area contributed by atoms with Crippen molar-refractivity contribution in [3.05, 3.63) is 36.5 Å². The number of benzene rings is 1. The van der Waals surface area contributed by atoms with Crippen LogP contribution < -0.4 is 11.0 Å². The molecule has 0 fully saturated rings. The van der Waals surface area contributed by atoms with Crippen LogP contribution in [0.4, 0.5) is 0 Å². The van der Waals surface area contributed by atoms with E-state index in [2.05, 4.69) is 15.1 Å². The van der Waals surface area contributed by atoms with Gasteiger partial charge in [-0.1, -0.05) is 18.2 Å². The predicted molar refractivity (Wildman–Crippen MR) is 118 cm³/mol. The first kappa shape index (κ1) is 23.7. The van der Waals surface area contributed by atoms with Gasteiger partial charge in [-0.25, -0.2) is 14.6 Å². The summed E-state index contributed by atoms with van der Waals surface area (Å²) in [6, 6.07) is 9.25. The maximum absolute atomic E-state index is 13.6. The Hall–Kier alpha value is -1.93. The Morgan fingerprint density at radius 1 is 0.806 bits per heavy atom. The van der Waals surface area contributed by atoms with E-state index in [9.17, 15) is 9.13 Å². The summed E-state index contributed by atoms with van der Waals surface area (Å²) < 4.78 is 50.5. The summed E-state index contributed by atoms with van der Waals surface area (Å²) in [6.07, 6.45) is 1.48. The Morgan fingerprint density at radius 3 is 1.90 bits per heavy atom. The Balaban J connectivity index is 2.35. The summed E-state index contributed by atoms with van der Waals surface area (Å²) in [6.45, 7) is 7.24. The molecular formula is C19H26N4O6P2. The zero-order valence-corrected chi connectivity index (χ0v) is 19.7. The molecule has 0 aliphatic heterocycles. The van der Waals surface area contributed by atoms with Gasteiger partial charge in [0.25, 0.3) is 0 Å². The van der Waals surface area contributed by atoms with Crippen LogP contribution in [0.1, 0.15) is 27.7 Å². The Kier molecular flexibility index (Phi) is 7.75. The molecule has 0 spiro atoms. The summed E-state index contributed by atoms with van der Waals surface area (Å²) >= 11 is 0. The molecule has 3 rings (SSSR count). The smallest absolute Gasteiger partial charge is 0.304 e. The van der Waals surface area contributed by atoms with Gasteiger partial charge in [-0.3, -0.25) is 9.13 Å². The molecule has 2 aromatic heterocycles. The minimum atomic E-state index is -3.89. The molecule has 0 aliphatic rings. The van der Waals surface area contributed by atoms with Crippen molar-refractivity contribution in [2.75, 3.05) is 26.4 Å². The average molecular weight is 468 g/mol. The second-order valence-electron chi connectivity index (χ2n) is 6.14. The lowest BCUT2D eigenvalue weighted by atomic mass is 10.3. The van der Waals surface area contributed by atoms with Gasteiger partial charge in [0.1, 0.15) is 0 Å². The molecule has 0 bridgehead atoms. The molecule has 0 saturated heterocycles. The van der Waals surface area contributed by atoms with E-state index in [4.69, 9.17) is 18.1 Å². The van der Waals surface area contributed by atoms with E-state index >= 15 is 0 Å². The quantitative estimate of drug-likeness (QED) is 0.389. The number of para-hydroxylation sites is 1. The lowest BCUT2D eigenvalue weighted by molar-refractivity contribution is 0.228. The van der Waals surface area contributed by atoms with Gasteiger partial charge in [0.05, 0.1) is 43.7 Å². The first-order valence-electron chi connectivity index (χ1n) is 10.0. The normalized spacial score (nSPS) is 12.5. The topological polar surface area (TPSA) is 115 Å². The van der Waals surface area contributed by atoms with Crippen LogP contribution in [-0.4, -0.2) is 46.2 Å². The molecule has 2 heterocycles. The van der Waals surface area contributed by atoms with E-state index in [1.165, 1.54) is 10.9 Å². The van der Waals surface area contributed by atoms with Crippen molar-refractivity contribution in [2.45, 2.75) is 27.7 Å². The van der Waals surface area contributed by atoms with E-state index in [-0.39, 0.29) is 43.1 Å². The summed E-state index contributed by atoms with van der Waals surface area (Å²) in [4.78, 5) is 8.80. The first-order chi connectivity index (χ1) is 14.9. The van der Waals surface area contributed by atoms with Gasteiger partial charge in [-0.05, 0) is 39.8 Å². The Morgan fingerprint density at radius 2 is 1.35 bits per heavy atom. The average Bonchev–Trinajstić information content (AvgIpc) is 3.18. The van der Waals surface area contributed by atoms with Gasteiger partial charge in [-0.15, -0.1) is 0 Å². The molecule has 0 saturated carbocycles. The molecule has 0 radical (unpaired) electrons. The van der Waals surface area contributed by atoms with Gasteiger partial charge in [0.2, 0.25) is 5.57 Å². The van der Waals surface area contributed by atoms with E-state index in [0.29, 0.717) is 11.1 Å². The Bertz CT molecular complexity index is 1100. The number of nitrogens with zero attached hydrogens (tertiary/aromatic N) is 4. The molecule has 0 unspecified atom stereocenters. The lowest BCUT2D eigenvalue weighted by Crippen LogP contribution is -2.28. The highest BCUT2D eigenvalue weighted by molar-refractivity contribution is 7.63. The maximum atomic E-state index is 13.6. The highest BCUT2D eigenvalue weighted by atomic mass is 31.2. The molecule has 10 nitrogen and oxygen atoms in total. The van der Waals surface area contributed by atoms with Gasteiger partial charge in [0, 0.05) is 0 Å². The van der Waals surface area contributed by atoms with Crippen molar-refractivity contribution in [2.24, 2.45) is 0 Å². The van der Waals surface area contributed by atoms with Gasteiger partial charge in [0.15, 0.2) is 11.1 Å². The van der Waals surface area contributed by atoms with E-state index in [1.807, 2.05) is 30.3 Å². The second-order valence-corrected chi connectivity index (χ2v) is 9.99. The van der Waals surface area contributed by atoms with Crippen molar-refractivity contribution < 1.29 is 27.2 Å².